The maximum atomic E-state index is 5.61. The summed E-state index contributed by atoms with van der Waals surface area (Å²) in [5.74, 6) is 3.99. The van der Waals surface area contributed by atoms with Gasteiger partial charge in [0.25, 0.3) is 0 Å². The van der Waals surface area contributed by atoms with E-state index in [1.807, 2.05) is 11.1 Å². The molecule has 5 aliphatic rings. The van der Waals surface area contributed by atoms with Crippen LogP contribution in [-0.2, 0) is 4.74 Å². The Hall–Kier alpha value is -0.380. The highest BCUT2D eigenvalue weighted by atomic mass is 16.5. The third-order valence-corrected chi connectivity index (χ3v) is 9.56. The molecule has 2 saturated heterocycles. The van der Waals surface area contributed by atoms with Crippen molar-refractivity contribution < 1.29 is 13.7 Å². The number of hydrogen-bond donors (Lipinski definition) is 0. The first-order valence-corrected chi connectivity index (χ1v) is 12.5. The van der Waals surface area contributed by atoms with Crippen LogP contribution in [0.1, 0.15) is 57.8 Å². The maximum Gasteiger partial charge on any atom is 0.102 e. The van der Waals surface area contributed by atoms with Gasteiger partial charge in [0.1, 0.15) is 13.1 Å². The van der Waals surface area contributed by atoms with Crippen LogP contribution in [0.3, 0.4) is 0 Å². The van der Waals surface area contributed by atoms with Gasteiger partial charge in [0, 0.05) is 18.3 Å². The lowest BCUT2D eigenvalue weighted by Crippen LogP contribution is -2.53. The Kier molecular flexibility index (Phi) is 5.39. The van der Waals surface area contributed by atoms with Crippen molar-refractivity contribution >= 4 is 0 Å². The second-order valence-electron chi connectivity index (χ2n) is 11.5. The second-order valence-corrected chi connectivity index (χ2v) is 11.5. The number of likely N-dealkylation sites (N-methyl/N-ethyl adjacent to an activating group) is 1. The Labute approximate surface area is 173 Å². The predicted molar refractivity (Wildman–Crippen MR) is 115 cm³/mol. The van der Waals surface area contributed by atoms with Crippen molar-refractivity contribution in [2.75, 3.05) is 66.6 Å². The largest absolute Gasteiger partial charge is 0.370 e. The van der Waals surface area contributed by atoms with Crippen LogP contribution < -0.4 is 0 Å². The average molecular weight is 389 g/mol. The van der Waals surface area contributed by atoms with E-state index in [-0.39, 0.29) is 0 Å². The molecule has 2 saturated carbocycles. The summed E-state index contributed by atoms with van der Waals surface area (Å²) in [7, 11) is 5.07. The topological polar surface area (TPSA) is 9.23 Å². The molecule has 3 aliphatic carbocycles. The zero-order valence-corrected chi connectivity index (χ0v) is 18.6. The second kappa shape index (κ2) is 7.71. The monoisotopic (exact) mass is 388 g/mol. The number of rotatable bonds is 4. The molecule has 0 bridgehead atoms. The molecule has 2 heterocycles. The molecule has 0 aromatic rings. The fourth-order valence-corrected chi connectivity index (χ4v) is 8.06. The van der Waals surface area contributed by atoms with Crippen molar-refractivity contribution in [1.82, 2.24) is 0 Å². The number of ether oxygens (including phenoxy) is 1. The van der Waals surface area contributed by atoms with Gasteiger partial charge in [-0.1, -0.05) is 24.0 Å². The van der Waals surface area contributed by atoms with Crippen LogP contribution in [0.4, 0.5) is 0 Å². The quantitative estimate of drug-likeness (QED) is 0.517. The van der Waals surface area contributed by atoms with Gasteiger partial charge in [-0.25, -0.2) is 0 Å². The predicted octanol–water partition coefficient (Wildman–Crippen LogP) is 4.24. The molecule has 0 aromatic heterocycles. The fourth-order valence-electron chi connectivity index (χ4n) is 8.06. The number of quaternary nitrogens is 2. The normalized spacial score (nSPS) is 42.6. The summed E-state index contributed by atoms with van der Waals surface area (Å²) >= 11 is 0. The minimum absolute atomic E-state index is 0.966. The van der Waals surface area contributed by atoms with Crippen molar-refractivity contribution in [3.05, 3.63) is 11.1 Å². The molecule has 5 rings (SSSR count). The van der Waals surface area contributed by atoms with E-state index in [4.69, 9.17) is 4.74 Å². The summed E-state index contributed by atoms with van der Waals surface area (Å²) in [6, 6.07) is 0. The SMILES string of the molecule is C[N+]1(CCC[N+]2(C)CC3C4CCCCC4=C4CCCCC4C3C2)CCOCC1. The summed E-state index contributed by atoms with van der Waals surface area (Å²) in [6.45, 7) is 10.1. The average Bonchev–Trinajstić information content (AvgIpc) is 3.06. The minimum Gasteiger partial charge on any atom is -0.370 e. The molecule has 2 aliphatic heterocycles. The maximum absolute atomic E-state index is 5.61. The summed E-state index contributed by atoms with van der Waals surface area (Å²) in [5, 5.41) is 0. The van der Waals surface area contributed by atoms with Crippen LogP contribution in [0.2, 0.25) is 0 Å². The van der Waals surface area contributed by atoms with Gasteiger partial charge in [-0.15, -0.1) is 0 Å². The molecule has 0 N–H and O–H groups in total. The Morgan fingerprint density at radius 3 is 1.86 bits per heavy atom. The van der Waals surface area contributed by atoms with Gasteiger partial charge in [-0.3, -0.25) is 0 Å². The number of morpholine rings is 1. The van der Waals surface area contributed by atoms with E-state index in [9.17, 15) is 0 Å². The Morgan fingerprint density at radius 2 is 1.29 bits per heavy atom. The third-order valence-electron chi connectivity index (χ3n) is 9.56. The Balaban J connectivity index is 1.27. The van der Waals surface area contributed by atoms with Crippen LogP contribution in [0, 0.1) is 23.7 Å². The van der Waals surface area contributed by atoms with E-state index < -0.39 is 0 Å². The first-order chi connectivity index (χ1) is 13.6. The van der Waals surface area contributed by atoms with E-state index in [1.165, 1.54) is 106 Å². The molecule has 3 heteroatoms. The number of fused-ring (bicyclic) bond motifs is 5. The van der Waals surface area contributed by atoms with Gasteiger partial charge in [0.15, 0.2) is 0 Å². The van der Waals surface area contributed by atoms with Gasteiger partial charge in [0.2, 0.25) is 0 Å². The minimum atomic E-state index is 0.966. The fraction of sp³-hybridized carbons (Fsp3) is 0.920. The van der Waals surface area contributed by atoms with Crippen LogP contribution in [0.15, 0.2) is 11.1 Å². The molecule has 4 atom stereocenters. The van der Waals surface area contributed by atoms with Crippen molar-refractivity contribution in [2.24, 2.45) is 23.7 Å². The molecule has 4 unspecified atom stereocenters. The summed E-state index contributed by atoms with van der Waals surface area (Å²) in [6.07, 6.45) is 13.3. The van der Waals surface area contributed by atoms with Gasteiger partial charge in [0.05, 0.1) is 53.5 Å². The van der Waals surface area contributed by atoms with Crippen molar-refractivity contribution in [1.29, 1.82) is 0 Å². The summed E-state index contributed by atoms with van der Waals surface area (Å²) in [5.41, 5.74) is 3.99. The molecule has 0 amide bonds. The lowest BCUT2D eigenvalue weighted by atomic mass is 9.58. The Bertz CT molecular complexity index is 572. The molecular weight excluding hydrogens is 344 g/mol. The molecule has 0 spiro atoms. The van der Waals surface area contributed by atoms with Gasteiger partial charge >= 0.3 is 0 Å². The molecule has 0 radical (unpaired) electrons. The number of nitrogens with zero attached hydrogens (tertiary/aromatic N) is 2. The summed E-state index contributed by atoms with van der Waals surface area (Å²) < 4.78 is 8.22. The highest BCUT2D eigenvalue weighted by Gasteiger charge is 2.54. The molecule has 158 valence electrons. The standard InChI is InChI=1S/C25H44N2O/c1-26(14-16-28-17-15-26)12-7-13-27(2)18-24-22-10-5-3-8-20(22)21-9-4-6-11-23(21)25(24)19-27/h22-25H,3-19H2,1-2H3/q+2. The van der Waals surface area contributed by atoms with Crippen LogP contribution in [0.5, 0.6) is 0 Å². The third kappa shape index (κ3) is 3.61. The van der Waals surface area contributed by atoms with Crippen molar-refractivity contribution in [2.45, 2.75) is 57.8 Å². The highest BCUT2D eigenvalue weighted by molar-refractivity contribution is 5.28. The smallest absolute Gasteiger partial charge is 0.102 e. The highest BCUT2D eigenvalue weighted by Crippen LogP contribution is 2.55. The lowest BCUT2D eigenvalue weighted by molar-refractivity contribution is -0.928. The molecule has 4 fully saturated rings. The van der Waals surface area contributed by atoms with E-state index >= 15 is 0 Å². The molecular formula is C25H44N2O+2. The summed E-state index contributed by atoms with van der Waals surface area (Å²) in [4.78, 5) is 0. The van der Waals surface area contributed by atoms with Gasteiger partial charge < -0.3 is 13.7 Å². The van der Waals surface area contributed by atoms with Crippen LogP contribution >= 0.6 is 0 Å². The van der Waals surface area contributed by atoms with E-state index in [0.717, 1.165) is 36.9 Å². The van der Waals surface area contributed by atoms with Crippen LogP contribution in [0.25, 0.3) is 0 Å². The van der Waals surface area contributed by atoms with Crippen molar-refractivity contribution in [3.8, 4) is 0 Å². The number of likely N-dealkylation sites (tertiary alicyclic amines) is 1. The number of hydrogen-bond acceptors (Lipinski definition) is 1. The zero-order valence-electron chi connectivity index (χ0n) is 18.6. The van der Waals surface area contributed by atoms with Crippen molar-refractivity contribution in [3.63, 3.8) is 0 Å². The first-order valence-electron chi connectivity index (χ1n) is 12.5. The van der Waals surface area contributed by atoms with E-state index in [2.05, 4.69) is 14.1 Å². The molecule has 0 aromatic carbocycles. The first kappa shape index (κ1) is 19.6. The van der Waals surface area contributed by atoms with Gasteiger partial charge in [-0.05, 0) is 50.4 Å². The van der Waals surface area contributed by atoms with Crippen LogP contribution in [-0.4, -0.2) is 75.5 Å². The van der Waals surface area contributed by atoms with E-state index in [0.29, 0.717) is 0 Å². The lowest BCUT2D eigenvalue weighted by Gasteiger charge is -2.45. The number of allylic oxidation sites excluding steroid dienone is 2. The molecule has 3 nitrogen and oxygen atoms in total. The van der Waals surface area contributed by atoms with Gasteiger partial charge in [-0.2, -0.15) is 0 Å². The van der Waals surface area contributed by atoms with E-state index in [1.54, 1.807) is 0 Å². The zero-order chi connectivity index (χ0) is 19.2. The molecule has 28 heavy (non-hydrogen) atoms. The Morgan fingerprint density at radius 1 is 0.750 bits per heavy atom.